The van der Waals surface area contributed by atoms with Crippen molar-refractivity contribution in [2.45, 2.75) is 19.1 Å². The highest BCUT2D eigenvalue weighted by atomic mass is 19.4. The van der Waals surface area contributed by atoms with Crippen LogP contribution in [0.25, 0.3) is 5.70 Å². The molecule has 1 heterocycles. The Morgan fingerprint density at radius 1 is 1.02 bits per heavy atom. The second-order valence-corrected chi connectivity index (χ2v) is 8.74. The van der Waals surface area contributed by atoms with Crippen LogP contribution in [0.1, 0.15) is 29.7 Å². The first-order valence-corrected chi connectivity index (χ1v) is 12.5. The molecule has 41 heavy (non-hydrogen) atoms. The summed E-state index contributed by atoms with van der Waals surface area (Å²) >= 11 is 0. The normalized spacial score (nSPS) is 15.0. The zero-order valence-electron chi connectivity index (χ0n) is 22.1. The summed E-state index contributed by atoms with van der Waals surface area (Å²) in [5.74, 6) is -0.748. The number of alkyl halides is 3. The number of methoxy groups -OCH3 is 1. The summed E-state index contributed by atoms with van der Waals surface area (Å²) < 4.78 is 55.3. The molecule has 0 spiro atoms. The molecule has 1 aliphatic rings. The van der Waals surface area contributed by atoms with Gasteiger partial charge in [-0.05, 0) is 48.4 Å². The standard InChI is InChI=1S/C29H27F3N4O5/c1-3-40-27(38)24-25(17-8-5-4-6-9-17)35-28(33)36-26(24)18-12-13-21(22(14-18)39-2)41-16-23(37)34-20-11-7-10-19(15-20)29(30,31)32/h4-15,26H,3,16H2,1-2H3,(H,34,37)(H3,33,35,36)/t26-/m0/s1. The molecule has 0 bridgehead atoms. The predicted octanol–water partition coefficient (Wildman–Crippen LogP) is 4.66. The first-order chi connectivity index (χ1) is 19.6. The monoisotopic (exact) mass is 568 g/mol. The van der Waals surface area contributed by atoms with Gasteiger partial charge in [-0.3, -0.25) is 4.79 Å². The minimum absolute atomic E-state index is 0.0235. The van der Waals surface area contributed by atoms with Gasteiger partial charge in [0.25, 0.3) is 5.91 Å². The predicted molar refractivity (Wildman–Crippen MR) is 146 cm³/mol. The summed E-state index contributed by atoms with van der Waals surface area (Å²) in [6, 6.07) is 17.3. The molecule has 0 aromatic heterocycles. The number of rotatable bonds is 9. The second kappa shape index (κ2) is 12.5. The fourth-order valence-corrected chi connectivity index (χ4v) is 4.15. The number of hydrogen-bond donors (Lipinski definition) is 3. The van der Waals surface area contributed by atoms with Crippen molar-refractivity contribution in [2.75, 3.05) is 25.6 Å². The van der Waals surface area contributed by atoms with Crippen LogP contribution in [0.2, 0.25) is 0 Å². The number of amides is 1. The van der Waals surface area contributed by atoms with Crippen molar-refractivity contribution in [3.63, 3.8) is 0 Å². The summed E-state index contributed by atoms with van der Waals surface area (Å²) in [6.07, 6.45) is -4.54. The molecule has 0 fully saturated rings. The molecule has 0 saturated heterocycles. The maximum Gasteiger partial charge on any atom is 0.416 e. The highest BCUT2D eigenvalue weighted by Crippen LogP contribution is 2.38. The van der Waals surface area contributed by atoms with Crippen LogP contribution in [-0.2, 0) is 20.5 Å². The van der Waals surface area contributed by atoms with Crippen molar-refractivity contribution in [2.24, 2.45) is 10.7 Å². The van der Waals surface area contributed by atoms with Crippen LogP contribution in [-0.4, -0.2) is 38.2 Å². The van der Waals surface area contributed by atoms with Gasteiger partial charge in [-0.1, -0.05) is 42.5 Å². The molecule has 214 valence electrons. The van der Waals surface area contributed by atoms with Gasteiger partial charge < -0.3 is 30.6 Å². The average molecular weight is 569 g/mol. The van der Waals surface area contributed by atoms with E-state index in [2.05, 4.69) is 15.6 Å². The van der Waals surface area contributed by atoms with E-state index in [4.69, 9.17) is 19.9 Å². The van der Waals surface area contributed by atoms with Crippen LogP contribution < -0.4 is 25.8 Å². The highest BCUT2D eigenvalue weighted by molar-refractivity contribution is 6.04. The molecule has 1 aliphatic heterocycles. The number of nitrogens with zero attached hydrogens (tertiary/aromatic N) is 1. The summed E-state index contributed by atoms with van der Waals surface area (Å²) in [5, 5.41) is 5.35. The van der Waals surface area contributed by atoms with Crippen LogP contribution in [0.4, 0.5) is 18.9 Å². The number of nitrogens with one attached hydrogen (secondary N) is 2. The number of carbonyl (C=O) groups is 2. The lowest BCUT2D eigenvalue weighted by atomic mass is 9.93. The number of ether oxygens (including phenoxy) is 3. The average Bonchev–Trinajstić information content (AvgIpc) is 2.95. The van der Waals surface area contributed by atoms with Gasteiger partial charge in [-0.25, -0.2) is 9.79 Å². The summed E-state index contributed by atoms with van der Waals surface area (Å²) in [4.78, 5) is 29.9. The maximum absolute atomic E-state index is 13.1. The largest absolute Gasteiger partial charge is 0.493 e. The third-order valence-electron chi connectivity index (χ3n) is 5.96. The molecular formula is C29H27F3N4O5. The molecule has 9 nitrogen and oxygen atoms in total. The van der Waals surface area contributed by atoms with E-state index in [0.29, 0.717) is 16.8 Å². The Balaban J connectivity index is 1.57. The smallest absolute Gasteiger partial charge is 0.416 e. The van der Waals surface area contributed by atoms with E-state index >= 15 is 0 Å². The van der Waals surface area contributed by atoms with E-state index in [1.165, 1.54) is 25.3 Å². The number of anilines is 1. The van der Waals surface area contributed by atoms with Crippen molar-refractivity contribution < 1.29 is 37.0 Å². The molecule has 0 aliphatic carbocycles. The van der Waals surface area contributed by atoms with Gasteiger partial charge in [-0.2, -0.15) is 13.2 Å². The Morgan fingerprint density at radius 3 is 2.46 bits per heavy atom. The zero-order chi connectivity index (χ0) is 29.6. The minimum Gasteiger partial charge on any atom is -0.493 e. The van der Waals surface area contributed by atoms with Crippen molar-refractivity contribution in [1.82, 2.24) is 5.32 Å². The first-order valence-electron chi connectivity index (χ1n) is 12.5. The van der Waals surface area contributed by atoms with Crippen LogP contribution in [0, 0.1) is 0 Å². The molecule has 0 unspecified atom stereocenters. The summed E-state index contributed by atoms with van der Waals surface area (Å²) in [5.41, 5.74) is 7.11. The molecule has 3 aromatic carbocycles. The maximum atomic E-state index is 13.1. The molecule has 4 N–H and O–H groups in total. The molecular weight excluding hydrogens is 541 g/mol. The Kier molecular flexibility index (Phi) is 8.81. The number of aliphatic imine (C=N–C) groups is 1. The van der Waals surface area contributed by atoms with Gasteiger partial charge in [0, 0.05) is 5.69 Å². The number of benzene rings is 3. The van der Waals surface area contributed by atoms with E-state index in [0.717, 1.165) is 12.1 Å². The van der Waals surface area contributed by atoms with Gasteiger partial charge in [0.1, 0.15) is 6.04 Å². The SMILES string of the molecule is CCOC(=O)C1=C(c2ccccc2)NC(N)=N[C@H]1c1ccc(OCC(=O)Nc2cccc(C(F)(F)F)c2)c(OC)c1. The Morgan fingerprint density at radius 2 is 1.78 bits per heavy atom. The van der Waals surface area contributed by atoms with E-state index in [1.807, 2.05) is 30.3 Å². The molecule has 12 heteroatoms. The Bertz CT molecular complexity index is 1490. The van der Waals surface area contributed by atoms with Crippen molar-refractivity contribution in [3.8, 4) is 11.5 Å². The Labute approximate surface area is 233 Å². The molecule has 0 radical (unpaired) electrons. The number of hydrogen-bond acceptors (Lipinski definition) is 8. The third kappa shape index (κ3) is 6.96. The van der Waals surface area contributed by atoms with Crippen LogP contribution in [0.3, 0.4) is 0 Å². The van der Waals surface area contributed by atoms with E-state index in [-0.39, 0.29) is 35.3 Å². The third-order valence-corrected chi connectivity index (χ3v) is 5.96. The first kappa shape index (κ1) is 29.0. The van der Waals surface area contributed by atoms with Crippen molar-refractivity contribution in [1.29, 1.82) is 0 Å². The summed E-state index contributed by atoms with van der Waals surface area (Å²) in [7, 11) is 1.40. The van der Waals surface area contributed by atoms with Gasteiger partial charge >= 0.3 is 12.1 Å². The molecule has 4 rings (SSSR count). The lowest BCUT2D eigenvalue weighted by molar-refractivity contribution is -0.139. The molecule has 1 atom stereocenters. The number of guanidine groups is 1. The fourth-order valence-electron chi connectivity index (χ4n) is 4.15. The van der Waals surface area contributed by atoms with E-state index < -0.39 is 36.3 Å². The van der Waals surface area contributed by atoms with Crippen LogP contribution in [0.5, 0.6) is 11.5 Å². The quantitative estimate of drug-likeness (QED) is 0.321. The molecule has 1 amide bonds. The lowest BCUT2D eigenvalue weighted by Crippen LogP contribution is -2.37. The molecule has 3 aromatic rings. The van der Waals surface area contributed by atoms with Crippen molar-refractivity contribution >= 4 is 29.2 Å². The number of halogens is 3. The number of carbonyl (C=O) groups excluding carboxylic acids is 2. The topological polar surface area (TPSA) is 124 Å². The minimum atomic E-state index is -4.54. The van der Waals surface area contributed by atoms with Gasteiger partial charge in [-0.15, -0.1) is 0 Å². The second-order valence-electron chi connectivity index (χ2n) is 8.74. The number of nitrogens with two attached hydrogens (primary N) is 1. The van der Waals surface area contributed by atoms with Gasteiger partial charge in [0.2, 0.25) is 0 Å². The van der Waals surface area contributed by atoms with Crippen LogP contribution in [0.15, 0.2) is 83.4 Å². The Hall–Kier alpha value is -5.00. The highest BCUT2D eigenvalue weighted by Gasteiger charge is 2.33. The lowest BCUT2D eigenvalue weighted by Gasteiger charge is -2.26. The summed E-state index contributed by atoms with van der Waals surface area (Å²) in [6.45, 7) is 1.34. The van der Waals surface area contributed by atoms with Gasteiger partial charge in [0.05, 0.1) is 30.6 Å². The fraction of sp³-hybridized carbons (Fsp3) is 0.207. The number of esters is 1. The van der Waals surface area contributed by atoms with E-state index in [1.54, 1.807) is 19.1 Å². The van der Waals surface area contributed by atoms with Crippen molar-refractivity contribution in [3.05, 3.63) is 95.1 Å². The van der Waals surface area contributed by atoms with E-state index in [9.17, 15) is 22.8 Å². The van der Waals surface area contributed by atoms with Crippen LogP contribution >= 0.6 is 0 Å². The van der Waals surface area contributed by atoms with Gasteiger partial charge in [0.15, 0.2) is 24.1 Å². The molecule has 0 saturated carbocycles. The zero-order valence-corrected chi connectivity index (χ0v) is 22.1.